The second-order valence-corrected chi connectivity index (χ2v) is 13.0. The van der Waals surface area contributed by atoms with Crippen molar-refractivity contribution in [3.05, 3.63) is 90.5 Å². The van der Waals surface area contributed by atoms with Crippen LogP contribution in [0.15, 0.2) is 84.9 Å². The van der Waals surface area contributed by atoms with E-state index >= 15 is 0 Å². The van der Waals surface area contributed by atoms with E-state index in [-0.39, 0.29) is 5.04 Å². The number of hydrogen-bond donors (Lipinski definition) is 0. The van der Waals surface area contributed by atoms with Crippen LogP contribution in [-0.4, -0.2) is 41.0 Å². The zero-order valence-corrected chi connectivity index (χ0v) is 20.1. The van der Waals surface area contributed by atoms with Crippen molar-refractivity contribution in [3.63, 3.8) is 0 Å². The SMILES string of the molecule is CC(C)(C)[Si](OCCOCCOc1ccc(C=O)cc1)(c1ccccc1)c1ccccc1. The molecule has 0 spiro atoms. The predicted molar refractivity (Wildman–Crippen MR) is 132 cm³/mol. The topological polar surface area (TPSA) is 44.8 Å². The highest BCUT2D eigenvalue weighted by atomic mass is 28.4. The van der Waals surface area contributed by atoms with Crippen LogP contribution in [0.3, 0.4) is 0 Å². The van der Waals surface area contributed by atoms with Gasteiger partial charge in [-0.05, 0) is 39.7 Å². The standard InChI is InChI=1S/C27H32O4Si/c1-27(2,3)32(25-10-6-4-7-11-25,26-12-8-5-9-13-26)31-21-19-29-18-20-30-24-16-14-23(22-28)15-17-24/h4-17,22H,18-21H2,1-3H3. The highest BCUT2D eigenvalue weighted by Gasteiger charge is 2.49. The van der Waals surface area contributed by atoms with Crippen LogP contribution < -0.4 is 15.1 Å². The van der Waals surface area contributed by atoms with Gasteiger partial charge in [-0.2, -0.15) is 0 Å². The molecular weight excluding hydrogens is 416 g/mol. The third-order valence-corrected chi connectivity index (χ3v) is 10.5. The summed E-state index contributed by atoms with van der Waals surface area (Å²) in [4.78, 5) is 10.7. The van der Waals surface area contributed by atoms with Gasteiger partial charge in [0.15, 0.2) is 0 Å². The summed E-state index contributed by atoms with van der Waals surface area (Å²) in [7, 11) is -2.52. The molecule has 0 aromatic heterocycles. The maximum Gasteiger partial charge on any atom is 0.261 e. The molecule has 0 N–H and O–H groups in total. The van der Waals surface area contributed by atoms with Gasteiger partial charge < -0.3 is 13.9 Å². The van der Waals surface area contributed by atoms with Crippen molar-refractivity contribution in [1.82, 2.24) is 0 Å². The Morgan fingerprint density at radius 1 is 0.719 bits per heavy atom. The van der Waals surface area contributed by atoms with E-state index in [2.05, 4.69) is 69.3 Å². The Morgan fingerprint density at radius 3 is 1.75 bits per heavy atom. The van der Waals surface area contributed by atoms with E-state index in [1.54, 1.807) is 24.3 Å². The molecule has 3 rings (SSSR count). The first-order valence-corrected chi connectivity index (χ1v) is 12.9. The van der Waals surface area contributed by atoms with E-state index < -0.39 is 8.32 Å². The third-order valence-electron chi connectivity index (χ3n) is 5.48. The molecule has 0 unspecified atom stereocenters. The maximum absolute atomic E-state index is 10.7. The van der Waals surface area contributed by atoms with Crippen LogP contribution in [0.4, 0.5) is 0 Å². The highest BCUT2D eigenvalue weighted by Crippen LogP contribution is 2.36. The first-order valence-electron chi connectivity index (χ1n) is 11.0. The number of carbonyl (C=O) groups is 1. The fourth-order valence-corrected chi connectivity index (χ4v) is 8.52. The maximum atomic E-state index is 10.7. The molecule has 0 fully saturated rings. The quantitative estimate of drug-likeness (QED) is 0.247. The molecule has 0 atom stereocenters. The van der Waals surface area contributed by atoms with Crippen molar-refractivity contribution in [3.8, 4) is 5.75 Å². The predicted octanol–water partition coefficient (Wildman–Crippen LogP) is 4.47. The Kier molecular flexibility index (Phi) is 8.39. The summed E-state index contributed by atoms with van der Waals surface area (Å²) in [6.07, 6.45) is 0.818. The molecule has 3 aromatic carbocycles. The third kappa shape index (κ3) is 5.74. The van der Waals surface area contributed by atoms with Crippen LogP contribution in [0, 0.1) is 0 Å². The van der Waals surface area contributed by atoms with E-state index in [4.69, 9.17) is 13.9 Å². The number of ether oxygens (including phenoxy) is 2. The summed E-state index contributed by atoms with van der Waals surface area (Å²) in [6, 6.07) is 28.3. The molecule has 168 valence electrons. The van der Waals surface area contributed by atoms with Crippen molar-refractivity contribution in [2.45, 2.75) is 25.8 Å². The number of rotatable bonds is 11. The minimum Gasteiger partial charge on any atom is -0.491 e. The molecule has 0 aliphatic rings. The van der Waals surface area contributed by atoms with Gasteiger partial charge in [0.25, 0.3) is 8.32 Å². The molecule has 0 saturated heterocycles. The molecule has 32 heavy (non-hydrogen) atoms. The summed E-state index contributed by atoms with van der Waals surface area (Å²) in [5, 5.41) is 2.48. The monoisotopic (exact) mass is 448 g/mol. The van der Waals surface area contributed by atoms with Crippen LogP contribution in [0.25, 0.3) is 0 Å². The van der Waals surface area contributed by atoms with Gasteiger partial charge in [-0.3, -0.25) is 4.79 Å². The zero-order valence-electron chi connectivity index (χ0n) is 19.1. The summed E-state index contributed by atoms with van der Waals surface area (Å²) in [5.74, 6) is 0.725. The molecule has 0 radical (unpaired) electrons. The van der Waals surface area contributed by atoms with Crippen LogP contribution >= 0.6 is 0 Å². The summed E-state index contributed by atoms with van der Waals surface area (Å²) in [6.45, 7) is 8.73. The highest BCUT2D eigenvalue weighted by molar-refractivity contribution is 6.99. The second-order valence-electron chi connectivity index (χ2n) is 8.66. The molecule has 3 aromatic rings. The lowest BCUT2D eigenvalue weighted by Crippen LogP contribution is -2.66. The summed E-state index contributed by atoms with van der Waals surface area (Å²) >= 11 is 0. The van der Waals surface area contributed by atoms with E-state index in [0.717, 1.165) is 12.0 Å². The molecule has 0 bridgehead atoms. The fraction of sp³-hybridized carbons (Fsp3) is 0.296. The van der Waals surface area contributed by atoms with E-state index in [9.17, 15) is 4.79 Å². The zero-order chi connectivity index (χ0) is 22.9. The summed E-state index contributed by atoms with van der Waals surface area (Å²) in [5.41, 5.74) is 0.633. The van der Waals surface area contributed by atoms with Crippen molar-refractivity contribution < 1.29 is 18.7 Å². The molecule has 0 amide bonds. The van der Waals surface area contributed by atoms with E-state index in [0.29, 0.717) is 32.0 Å². The minimum absolute atomic E-state index is 0.0491. The molecule has 0 aliphatic carbocycles. The van der Waals surface area contributed by atoms with Gasteiger partial charge in [-0.1, -0.05) is 81.4 Å². The molecule has 0 saturated carbocycles. The molecule has 0 aliphatic heterocycles. The van der Waals surface area contributed by atoms with Gasteiger partial charge in [0.1, 0.15) is 18.6 Å². The average molecular weight is 449 g/mol. The van der Waals surface area contributed by atoms with Gasteiger partial charge in [-0.15, -0.1) is 0 Å². The van der Waals surface area contributed by atoms with Gasteiger partial charge in [0.05, 0.1) is 19.8 Å². The average Bonchev–Trinajstić information content (AvgIpc) is 2.81. The fourth-order valence-electron chi connectivity index (χ4n) is 3.98. The van der Waals surface area contributed by atoms with Crippen LogP contribution in [0.5, 0.6) is 5.75 Å². The van der Waals surface area contributed by atoms with E-state index in [1.807, 2.05) is 12.1 Å². The second kappa shape index (κ2) is 11.2. The number of benzene rings is 3. The largest absolute Gasteiger partial charge is 0.491 e. The van der Waals surface area contributed by atoms with Crippen LogP contribution in [0.1, 0.15) is 31.1 Å². The number of carbonyl (C=O) groups excluding carboxylic acids is 1. The van der Waals surface area contributed by atoms with Crippen LogP contribution in [-0.2, 0) is 9.16 Å². The van der Waals surface area contributed by atoms with Gasteiger partial charge in [0, 0.05) is 5.56 Å². The number of aldehydes is 1. The Bertz CT molecular complexity index is 911. The number of hydrogen-bond acceptors (Lipinski definition) is 4. The summed E-state index contributed by atoms with van der Waals surface area (Å²) < 4.78 is 18.3. The van der Waals surface area contributed by atoms with Crippen molar-refractivity contribution >= 4 is 25.0 Å². The van der Waals surface area contributed by atoms with Gasteiger partial charge in [0.2, 0.25) is 0 Å². The molecule has 4 nitrogen and oxygen atoms in total. The van der Waals surface area contributed by atoms with E-state index in [1.165, 1.54) is 10.4 Å². The Hall–Kier alpha value is -2.73. The molecular formula is C27H32O4Si. The molecule has 0 heterocycles. The lowest BCUT2D eigenvalue weighted by molar-refractivity contribution is 0.0741. The van der Waals surface area contributed by atoms with Crippen molar-refractivity contribution in [1.29, 1.82) is 0 Å². The Balaban J connectivity index is 1.60. The van der Waals surface area contributed by atoms with Crippen LogP contribution in [0.2, 0.25) is 5.04 Å². The normalized spacial score (nSPS) is 11.8. The first kappa shape index (κ1) is 23.9. The Labute approximate surface area is 192 Å². The lowest BCUT2D eigenvalue weighted by atomic mass is 10.2. The van der Waals surface area contributed by atoms with Gasteiger partial charge in [-0.25, -0.2) is 0 Å². The first-order chi connectivity index (χ1) is 15.5. The Morgan fingerprint density at radius 2 is 1.25 bits per heavy atom. The lowest BCUT2D eigenvalue weighted by Gasteiger charge is -2.43. The minimum atomic E-state index is -2.52. The van der Waals surface area contributed by atoms with Gasteiger partial charge >= 0.3 is 0 Å². The van der Waals surface area contributed by atoms with Crippen molar-refractivity contribution in [2.75, 3.05) is 26.4 Å². The van der Waals surface area contributed by atoms with Crippen molar-refractivity contribution in [2.24, 2.45) is 0 Å². The molecule has 5 heteroatoms. The smallest absolute Gasteiger partial charge is 0.261 e.